The van der Waals surface area contributed by atoms with Crippen LogP contribution < -0.4 is 10.1 Å². The lowest BCUT2D eigenvalue weighted by atomic mass is 10.3. The van der Waals surface area contributed by atoms with Gasteiger partial charge in [0.1, 0.15) is 10.4 Å². The van der Waals surface area contributed by atoms with Crippen molar-refractivity contribution in [1.82, 2.24) is 4.98 Å². The van der Waals surface area contributed by atoms with Gasteiger partial charge in [-0.2, -0.15) is 0 Å². The zero-order valence-corrected chi connectivity index (χ0v) is 12.5. The van der Waals surface area contributed by atoms with Crippen LogP contribution in [0.15, 0.2) is 53.3 Å². The molecule has 5 heteroatoms. The highest BCUT2D eigenvalue weighted by molar-refractivity contribution is 9.10. The molecule has 0 aliphatic rings. The molecular formula is C15H15BrN2O2. The van der Waals surface area contributed by atoms with E-state index in [-0.39, 0.29) is 5.91 Å². The molecule has 0 radical (unpaired) electrons. The van der Waals surface area contributed by atoms with Crippen molar-refractivity contribution in [2.24, 2.45) is 0 Å². The lowest BCUT2D eigenvalue weighted by Crippen LogP contribution is -2.12. The molecule has 1 aromatic carbocycles. The first-order valence-corrected chi connectivity index (χ1v) is 7.12. The van der Waals surface area contributed by atoms with E-state index in [1.165, 1.54) is 0 Å². The van der Waals surface area contributed by atoms with Gasteiger partial charge in [0.2, 0.25) is 5.91 Å². The minimum absolute atomic E-state index is 0.0363. The molecule has 2 aromatic rings. The molecule has 0 saturated carbocycles. The van der Waals surface area contributed by atoms with Crippen LogP contribution in [0.4, 0.5) is 5.69 Å². The molecule has 0 atom stereocenters. The predicted octanol–water partition coefficient (Wildman–Crippen LogP) is 3.64. The minimum atomic E-state index is -0.0363. The van der Waals surface area contributed by atoms with Gasteiger partial charge >= 0.3 is 0 Å². The first kappa shape index (κ1) is 14.5. The van der Waals surface area contributed by atoms with Gasteiger partial charge in [0, 0.05) is 6.42 Å². The highest BCUT2D eigenvalue weighted by Gasteiger charge is 2.03. The standard InChI is InChI=1S/C15H15BrN2O2/c16-14-9-8-12(11-17-14)18-15(19)7-4-10-20-13-5-2-1-3-6-13/h1-3,5-6,8-9,11H,4,7,10H2,(H,18,19). The smallest absolute Gasteiger partial charge is 0.224 e. The molecule has 20 heavy (non-hydrogen) atoms. The predicted molar refractivity (Wildman–Crippen MR) is 81.7 cm³/mol. The molecule has 4 nitrogen and oxygen atoms in total. The molecule has 0 unspecified atom stereocenters. The summed E-state index contributed by atoms with van der Waals surface area (Å²) in [5.41, 5.74) is 0.696. The number of halogens is 1. The van der Waals surface area contributed by atoms with Crippen LogP contribution in [0, 0.1) is 0 Å². The molecule has 0 aliphatic heterocycles. The van der Waals surface area contributed by atoms with Crippen molar-refractivity contribution < 1.29 is 9.53 Å². The maximum Gasteiger partial charge on any atom is 0.224 e. The molecule has 2 rings (SSSR count). The molecule has 0 spiro atoms. The molecule has 104 valence electrons. The number of rotatable bonds is 6. The number of anilines is 1. The first-order chi connectivity index (χ1) is 9.74. The van der Waals surface area contributed by atoms with Gasteiger partial charge in [-0.1, -0.05) is 18.2 Å². The summed E-state index contributed by atoms with van der Waals surface area (Å²) in [6.07, 6.45) is 2.70. The Morgan fingerprint density at radius 1 is 1.20 bits per heavy atom. The largest absolute Gasteiger partial charge is 0.494 e. The summed E-state index contributed by atoms with van der Waals surface area (Å²) in [7, 11) is 0. The van der Waals surface area contributed by atoms with Crippen molar-refractivity contribution in [1.29, 1.82) is 0 Å². The molecule has 1 heterocycles. The number of nitrogens with zero attached hydrogens (tertiary/aromatic N) is 1. The topological polar surface area (TPSA) is 51.2 Å². The van der Waals surface area contributed by atoms with Crippen LogP contribution in [0.1, 0.15) is 12.8 Å². The Labute approximate surface area is 126 Å². The maximum atomic E-state index is 11.7. The van der Waals surface area contributed by atoms with E-state index in [0.29, 0.717) is 25.1 Å². The zero-order valence-electron chi connectivity index (χ0n) is 10.9. The van der Waals surface area contributed by atoms with Gasteiger partial charge in [-0.05, 0) is 46.6 Å². The highest BCUT2D eigenvalue weighted by atomic mass is 79.9. The maximum absolute atomic E-state index is 11.7. The third-order valence-corrected chi connectivity index (χ3v) is 3.04. The highest BCUT2D eigenvalue weighted by Crippen LogP contribution is 2.11. The van der Waals surface area contributed by atoms with Crippen LogP contribution in [0.2, 0.25) is 0 Å². The van der Waals surface area contributed by atoms with E-state index >= 15 is 0 Å². The summed E-state index contributed by atoms with van der Waals surface area (Å²) in [6.45, 7) is 0.524. The summed E-state index contributed by atoms with van der Waals surface area (Å²) < 4.78 is 6.27. The second-order valence-corrected chi connectivity index (χ2v) is 5.00. The van der Waals surface area contributed by atoms with E-state index in [9.17, 15) is 4.79 Å². The number of nitrogens with one attached hydrogen (secondary N) is 1. The lowest BCUT2D eigenvalue weighted by molar-refractivity contribution is -0.116. The van der Waals surface area contributed by atoms with E-state index < -0.39 is 0 Å². The molecule has 1 N–H and O–H groups in total. The van der Waals surface area contributed by atoms with E-state index in [1.807, 2.05) is 30.3 Å². The Hall–Kier alpha value is -1.88. The van der Waals surface area contributed by atoms with Crippen LogP contribution in [0.25, 0.3) is 0 Å². The molecular weight excluding hydrogens is 320 g/mol. The number of carbonyl (C=O) groups excluding carboxylic acids is 1. The van der Waals surface area contributed by atoms with E-state index in [1.54, 1.807) is 18.3 Å². The van der Waals surface area contributed by atoms with Gasteiger partial charge in [-0.15, -0.1) is 0 Å². The summed E-state index contributed by atoms with van der Waals surface area (Å²) in [4.78, 5) is 15.7. The lowest BCUT2D eigenvalue weighted by Gasteiger charge is -2.06. The van der Waals surface area contributed by atoms with Gasteiger partial charge in [0.25, 0.3) is 0 Å². The Balaban J connectivity index is 1.66. The average molecular weight is 335 g/mol. The van der Waals surface area contributed by atoms with Crippen molar-refractivity contribution in [2.75, 3.05) is 11.9 Å². The van der Waals surface area contributed by atoms with Crippen molar-refractivity contribution >= 4 is 27.5 Å². The second kappa shape index (κ2) is 7.65. The molecule has 1 amide bonds. The average Bonchev–Trinajstić information content (AvgIpc) is 2.47. The number of carbonyl (C=O) groups is 1. The monoisotopic (exact) mass is 334 g/mol. The zero-order chi connectivity index (χ0) is 14.2. The summed E-state index contributed by atoms with van der Waals surface area (Å²) in [6, 6.07) is 13.2. The quantitative estimate of drug-likeness (QED) is 0.648. The molecule has 0 saturated heterocycles. The fourth-order valence-corrected chi connectivity index (χ4v) is 1.85. The molecule has 0 fully saturated rings. The van der Waals surface area contributed by atoms with Crippen LogP contribution in [0.3, 0.4) is 0 Å². The van der Waals surface area contributed by atoms with Crippen molar-refractivity contribution in [3.8, 4) is 5.75 Å². The van der Waals surface area contributed by atoms with Gasteiger partial charge < -0.3 is 10.1 Å². The molecule has 1 aromatic heterocycles. The fraction of sp³-hybridized carbons (Fsp3) is 0.200. The number of aromatic nitrogens is 1. The number of amides is 1. The van der Waals surface area contributed by atoms with E-state index in [2.05, 4.69) is 26.2 Å². The van der Waals surface area contributed by atoms with E-state index in [4.69, 9.17) is 4.74 Å². The third-order valence-electron chi connectivity index (χ3n) is 2.57. The summed E-state index contributed by atoms with van der Waals surface area (Å²) in [5, 5.41) is 2.79. The van der Waals surface area contributed by atoms with Gasteiger partial charge in [-0.3, -0.25) is 4.79 Å². The van der Waals surface area contributed by atoms with Crippen LogP contribution in [-0.2, 0) is 4.79 Å². The van der Waals surface area contributed by atoms with Crippen molar-refractivity contribution in [3.63, 3.8) is 0 Å². The molecule has 0 bridgehead atoms. The van der Waals surface area contributed by atoms with Crippen molar-refractivity contribution in [2.45, 2.75) is 12.8 Å². The Bertz CT molecular complexity index is 544. The SMILES string of the molecule is O=C(CCCOc1ccccc1)Nc1ccc(Br)nc1. The molecule has 0 aliphatic carbocycles. The third kappa shape index (κ3) is 5.01. The first-order valence-electron chi connectivity index (χ1n) is 6.33. The summed E-state index contributed by atoms with van der Waals surface area (Å²) in [5.74, 6) is 0.788. The number of ether oxygens (including phenoxy) is 1. The summed E-state index contributed by atoms with van der Waals surface area (Å²) >= 11 is 3.24. The Morgan fingerprint density at radius 2 is 2.00 bits per heavy atom. The number of benzene rings is 1. The van der Waals surface area contributed by atoms with Crippen LogP contribution in [0.5, 0.6) is 5.75 Å². The second-order valence-electron chi connectivity index (χ2n) is 4.18. The van der Waals surface area contributed by atoms with Gasteiger partial charge in [0.05, 0.1) is 18.5 Å². The number of hydrogen-bond acceptors (Lipinski definition) is 3. The number of hydrogen-bond donors (Lipinski definition) is 1. The van der Waals surface area contributed by atoms with Gasteiger partial charge in [-0.25, -0.2) is 4.98 Å². The van der Waals surface area contributed by atoms with Crippen molar-refractivity contribution in [3.05, 3.63) is 53.3 Å². The van der Waals surface area contributed by atoms with Crippen LogP contribution >= 0.6 is 15.9 Å². The Morgan fingerprint density at radius 3 is 2.70 bits per heavy atom. The fourth-order valence-electron chi connectivity index (χ4n) is 1.61. The van der Waals surface area contributed by atoms with Crippen LogP contribution in [-0.4, -0.2) is 17.5 Å². The normalized spacial score (nSPS) is 10.1. The number of para-hydroxylation sites is 1. The van der Waals surface area contributed by atoms with E-state index in [0.717, 1.165) is 10.4 Å². The Kier molecular flexibility index (Phi) is 5.55. The van der Waals surface area contributed by atoms with Gasteiger partial charge in [0.15, 0.2) is 0 Å². The number of pyridine rings is 1. The minimum Gasteiger partial charge on any atom is -0.494 e.